The van der Waals surface area contributed by atoms with Crippen LogP contribution in [-0.2, 0) is 4.74 Å². The Morgan fingerprint density at radius 1 is 1.64 bits per heavy atom. The summed E-state index contributed by atoms with van der Waals surface area (Å²) in [5.74, 6) is 0.628. The highest BCUT2D eigenvalue weighted by Gasteiger charge is 2.23. The number of rotatable bonds is 2. The maximum atomic E-state index is 8.50. The van der Waals surface area contributed by atoms with Crippen molar-refractivity contribution in [3.05, 3.63) is 0 Å². The number of hydrogen-bond donors (Lipinski definition) is 0. The number of ether oxygens (including phenoxy) is 1. The van der Waals surface area contributed by atoms with Crippen LogP contribution < -0.4 is 0 Å². The van der Waals surface area contributed by atoms with Crippen molar-refractivity contribution >= 4 is 0 Å². The van der Waals surface area contributed by atoms with Gasteiger partial charge in [-0.05, 0) is 18.8 Å². The molecule has 2 heteroatoms. The lowest BCUT2D eigenvalue weighted by Gasteiger charge is -2.29. The molecule has 1 aliphatic heterocycles. The summed E-state index contributed by atoms with van der Waals surface area (Å²) >= 11 is 0. The van der Waals surface area contributed by atoms with Crippen LogP contribution in [0.25, 0.3) is 0 Å². The van der Waals surface area contributed by atoms with E-state index in [2.05, 4.69) is 13.0 Å². The number of nitriles is 1. The molecule has 62 valence electrons. The van der Waals surface area contributed by atoms with Gasteiger partial charge in [0.1, 0.15) is 0 Å². The Balaban J connectivity index is 2.39. The first kappa shape index (κ1) is 8.55. The molecule has 0 bridgehead atoms. The summed E-state index contributed by atoms with van der Waals surface area (Å²) in [4.78, 5) is 0. The maximum absolute atomic E-state index is 8.50. The fourth-order valence-electron chi connectivity index (χ4n) is 1.68. The fraction of sp³-hybridized carbons (Fsp3) is 0.889. The van der Waals surface area contributed by atoms with Gasteiger partial charge in [-0.2, -0.15) is 5.26 Å². The highest BCUT2D eigenvalue weighted by Crippen LogP contribution is 2.25. The van der Waals surface area contributed by atoms with Crippen LogP contribution in [-0.4, -0.2) is 12.7 Å². The molecule has 0 aliphatic carbocycles. The molecular weight excluding hydrogens is 138 g/mol. The molecule has 0 aromatic carbocycles. The molecule has 0 amide bonds. The van der Waals surface area contributed by atoms with Crippen LogP contribution >= 0.6 is 0 Å². The van der Waals surface area contributed by atoms with E-state index in [0.717, 1.165) is 13.0 Å². The van der Waals surface area contributed by atoms with E-state index in [4.69, 9.17) is 10.00 Å². The van der Waals surface area contributed by atoms with Gasteiger partial charge in [-0.25, -0.2) is 0 Å². The van der Waals surface area contributed by atoms with Gasteiger partial charge in [-0.3, -0.25) is 0 Å². The summed E-state index contributed by atoms with van der Waals surface area (Å²) in [6.07, 6.45) is 4.34. The van der Waals surface area contributed by atoms with Crippen LogP contribution in [0.15, 0.2) is 0 Å². The second-order valence-corrected chi connectivity index (χ2v) is 3.08. The molecule has 0 N–H and O–H groups in total. The lowest BCUT2D eigenvalue weighted by molar-refractivity contribution is -0.0241. The molecule has 0 aromatic heterocycles. The average Bonchev–Trinajstić information content (AvgIpc) is 2.06. The number of nitrogens with zero attached hydrogens (tertiary/aromatic N) is 1. The number of hydrogen-bond acceptors (Lipinski definition) is 2. The van der Waals surface area contributed by atoms with Crippen LogP contribution in [0.4, 0.5) is 0 Å². The average molecular weight is 153 g/mol. The van der Waals surface area contributed by atoms with Gasteiger partial charge in [0.05, 0.1) is 18.6 Å². The van der Waals surface area contributed by atoms with Crippen LogP contribution in [0.3, 0.4) is 0 Å². The van der Waals surface area contributed by atoms with Gasteiger partial charge in [0.25, 0.3) is 0 Å². The van der Waals surface area contributed by atoms with E-state index in [1.165, 1.54) is 12.8 Å². The SMILES string of the molecule is CCC1CCCOC1CC#N. The summed E-state index contributed by atoms with van der Waals surface area (Å²) in [5, 5.41) is 8.50. The van der Waals surface area contributed by atoms with Gasteiger partial charge in [0.15, 0.2) is 0 Å². The predicted molar refractivity (Wildman–Crippen MR) is 43.0 cm³/mol. The molecule has 0 aromatic rings. The Bertz CT molecular complexity index is 150. The Hall–Kier alpha value is -0.550. The van der Waals surface area contributed by atoms with Crippen molar-refractivity contribution in [2.75, 3.05) is 6.61 Å². The van der Waals surface area contributed by atoms with Crippen molar-refractivity contribution < 1.29 is 4.74 Å². The zero-order chi connectivity index (χ0) is 8.10. The van der Waals surface area contributed by atoms with Gasteiger partial charge in [-0.15, -0.1) is 0 Å². The third-order valence-corrected chi connectivity index (χ3v) is 2.39. The van der Waals surface area contributed by atoms with Gasteiger partial charge in [0, 0.05) is 6.61 Å². The van der Waals surface area contributed by atoms with Gasteiger partial charge in [0.2, 0.25) is 0 Å². The van der Waals surface area contributed by atoms with Gasteiger partial charge < -0.3 is 4.74 Å². The van der Waals surface area contributed by atoms with E-state index < -0.39 is 0 Å². The lowest BCUT2D eigenvalue weighted by atomic mass is 9.90. The van der Waals surface area contributed by atoms with Crippen molar-refractivity contribution in [1.82, 2.24) is 0 Å². The largest absolute Gasteiger partial charge is 0.377 e. The van der Waals surface area contributed by atoms with Crippen molar-refractivity contribution in [2.24, 2.45) is 5.92 Å². The fourth-order valence-corrected chi connectivity index (χ4v) is 1.68. The second-order valence-electron chi connectivity index (χ2n) is 3.08. The Morgan fingerprint density at radius 3 is 3.09 bits per heavy atom. The van der Waals surface area contributed by atoms with Gasteiger partial charge in [-0.1, -0.05) is 13.3 Å². The van der Waals surface area contributed by atoms with E-state index in [1.54, 1.807) is 0 Å². The Kier molecular flexibility index (Phi) is 3.38. The molecule has 1 aliphatic rings. The van der Waals surface area contributed by atoms with Gasteiger partial charge >= 0.3 is 0 Å². The first-order chi connectivity index (χ1) is 5.38. The third-order valence-electron chi connectivity index (χ3n) is 2.39. The minimum absolute atomic E-state index is 0.221. The minimum atomic E-state index is 0.221. The van der Waals surface area contributed by atoms with Crippen molar-refractivity contribution in [2.45, 2.75) is 38.7 Å². The van der Waals surface area contributed by atoms with E-state index in [-0.39, 0.29) is 6.10 Å². The van der Waals surface area contributed by atoms with E-state index in [1.807, 2.05) is 0 Å². The smallest absolute Gasteiger partial charge is 0.0732 e. The molecule has 0 spiro atoms. The first-order valence-corrected chi connectivity index (χ1v) is 4.37. The van der Waals surface area contributed by atoms with Crippen LogP contribution in [0.2, 0.25) is 0 Å². The van der Waals surface area contributed by atoms with E-state index >= 15 is 0 Å². The van der Waals surface area contributed by atoms with E-state index in [9.17, 15) is 0 Å². The molecule has 2 unspecified atom stereocenters. The topological polar surface area (TPSA) is 33.0 Å². The summed E-state index contributed by atoms with van der Waals surface area (Å²) in [6, 6.07) is 2.18. The lowest BCUT2D eigenvalue weighted by Crippen LogP contribution is -2.28. The van der Waals surface area contributed by atoms with Crippen molar-refractivity contribution in [3.63, 3.8) is 0 Å². The molecule has 2 nitrogen and oxygen atoms in total. The summed E-state index contributed by atoms with van der Waals surface area (Å²) < 4.78 is 5.50. The molecule has 2 atom stereocenters. The highest BCUT2D eigenvalue weighted by molar-refractivity contribution is 4.82. The monoisotopic (exact) mass is 153 g/mol. The highest BCUT2D eigenvalue weighted by atomic mass is 16.5. The third kappa shape index (κ3) is 2.20. The molecule has 0 saturated carbocycles. The molecular formula is C9H15NO. The van der Waals surface area contributed by atoms with Crippen molar-refractivity contribution in [3.8, 4) is 6.07 Å². The minimum Gasteiger partial charge on any atom is -0.377 e. The molecule has 1 saturated heterocycles. The molecule has 1 rings (SSSR count). The molecule has 1 fully saturated rings. The predicted octanol–water partition coefficient (Wildman–Crippen LogP) is 2.11. The van der Waals surface area contributed by atoms with Crippen LogP contribution in [0.1, 0.15) is 32.6 Å². The zero-order valence-corrected chi connectivity index (χ0v) is 7.05. The molecule has 1 heterocycles. The van der Waals surface area contributed by atoms with Crippen LogP contribution in [0.5, 0.6) is 0 Å². The zero-order valence-electron chi connectivity index (χ0n) is 7.05. The summed E-state index contributed by atoms with van der Waals surface area (Å²) in [7, 11) is 0. The summed E-state index contributed by atoms with van der Waals surface area (Å²) in [5.41, 5.74) is 0. The van der Waals surface area contributed by atoms with E-state index in [0.29, 0.717) is 12.3 Å². The van der Waals surface area contributed by atoms with Crippen LogP contribution in [0, 0.1) is 17.2 Å². The Labute approximate surface area is 68.2 Å². The normalized spacial score (nSPS) is 31.3. The second kappa shape index (κ2) is 4.35. The Morgan fingerprint density at radius 2 is 2.45 bits per heavy atom. The van der Waals surface area contributed by atoms with Crippen molar-refractivity contribution in [1.29, 1.82) is 5.26 Å². The maximum Gasteiger partial charge on any atom is 0.0732 e. The molecule has 11 heavy (non-hydrogen) atoms. The molecule has 0 radical (unpaired) electrons. The first-order valence-electron chi connectivity index (χ1n) is 4.37. The summed E-state index contributed by atoms with van der Waals surface area (Å²) in [6.45, 7) is 3.02. The standard InChI is InChI=1S/C9H15NO/c1-2-8-4-3-7-11-9(8)5-6-10/h8-9H,2-5,7H2,1H3. The quantitative estimate of drug-likeness (QED) is 0.608.